The Kier molecular flexibility index (Phi) is 7.03. The predicted molar refractivity (Wildman–Crippen MR) is 149 cm³/mol. The van der Waals surface area contributed by atoms with Crippen LogP contribution in [0.25, 0.3) is 11.0 Å². The molecule has 2 aromatic heterocycles. The van der Waals surface area contributed by atoms with Crippen molar-refractivity contribution < 1.29 is 14.3 Å². The lowest BCUT2D eigenvalue weighted by molar-refractivity contribution is -0.140. The van der Waals surface area contributed by atoms with Crippen LogP contribution in [0.1, 0.15) is 59.7 Å². The minimum atomic E-state index is -0.439. The number of nitrogens with zero attached hydrogens (tertiary/aromatic N) is 4. The van der Waals surface area contributed by atoms with Crippen molar-refractivity contribution in [1.29, 1.82) is 0 Å². The number of fused-ring (bicyclic) bond motifs is 2. The first-order valence-corrected chi connectivity index (χ1v) is 13.1. The molecule has 0 bridgehead atoms. The van der Waals surface area contributed by atoms with Crippen molar-refractivity contribution in [3.8, 4) is 5.75 Å². The van der Waals surface area contributed by atoms with Crippen LogP contribution in [-0.4, -0.2) is 50.1 Å². The summed E-state index contributed by atoms with van der Waals surface area (Å²) in [6.45, 7) is 10.1. The van der Waals surface area contributed by atoms with Crippen molar-refractivity contribution in [3.63, 3.8) is 0 Å². The Morgan fingerprint density at radius 2 is 1.97 bits per heavy atom. The lowest BCUT2D eigenvalue weighted by Crippen LogP contribution is -2.40. The minimum absolute atomic E-state index is 0.142. The van der Waals surface area contributed by atoms with E-state index in [1.807, 2.05) is 20.0 Å². The number of aromatic nitrogens is 4. The zero-order valence-electron chi connectivity index (χ0n) is 23.4. The van der Waals surface area contributed by atoms with Crippen LogP contribution in [0.5, 0.6) is 5.75 Å². The highest BCUT2D eigenvalue weighted by Crippen LogP contribution is 2.35. The number of ether oxygens (including phenoxy) is 2. The Labute approximate surface area is 227 Å². The molecular formula is C30H35N5O4. The van der Waals surface area contributed by atoms with E-state index in [-0.39, 0.29) is 23.9 Å². The number of nitrogens with one attached hydrogen (secondary N) is 1. The van der Waals surface area contributed by atoms with Crippen molar-refractivity contribution in [2.75, 3.05) is 13.7 Å². The molecule has 0 amide bonds. The van der Waals surface area contributed by atoms with Gasteiger partial charge in [0.1, 0.15) is 16.9 Å². The molecule has 39 heavy (non-hydrogen) atoms. The van der Waals surface area contributed by atoms with Crippen LogP contribution in [0, 0.1) is 13.8 Å². The van der Waals surface area contributed by atoms with E-state index in [0.29, 0.717) is 25.4 Å². The van der Waals surface area contributed by atoms with Gasteiger partial charge in [-0.25, -0.2) is 4.68 Å². The zero-order valence-corrected chi connectivity index (χ0v) is 23.4. The van der Waals surface area contributed by atoms with Gasteiger partial charge in [0.15, 0.2) is 0 Å². The van der Waals surface area contributed by atoms with Gasteiger partial charge in [-0.05, 0) is 67.6 Å². The van der Waals surface area contributed by atoms with Gasteiger partial charge in [0.2, 0.25) is 5.56 Å². The van der Waals surface area contributed by atoms with Crippen LogP contribution in [0.3, 0.4) is 0 Å². The third-order valence-electron chi connectivity index (χ3n) is 7.55. The summed E-state index contributed by atoms with van der Waals surface area (Å²) in [5, 5.41) is 8.54. The Bertz CT molecular complexity index is 1600. The van der Waals surface area contributed by atoms with Gasteiger partial charge in [-0.1, -0.05) is 29.5 Å². The predicted octanol–water partition coefficient (Wildman–Crippen LogP) is 4.14. The third kappa shape index (κ3) is 5.45. The number of aromatic amines is 1. The fourth-order valence-corrected chi connectivity index (χ4v) is 5.58. The second kappa shape index (κ2) is 10.3. The van der Waals surface area contributed by atoms with Gasteiger partial charge in [-0.2, -0.15) is 0 Å². The van der Waals surface area contributed by atoms with Crippen LogP contribution in [0.2, 0.25) is 0 Å². The Balaban J connectivity index is 1.52. The molecule has 5 rings (SSSR count). The highest BCUT2D eigenvalue weighted by Gasteiger charge is 2.30. The number of hydrogen-bond acceptors (Lipinski definition) is 7. The molecule has 0 fully saturated rings. The van der Waals surface area contributed by atoms with Crippen LogP contribution >= 0.6 is 0 Å². The Morgan fingerprint density at radius 1 is 1.18 bits per heavy atom. The van der Waals surface area contributed by atoms with Gasteiger partial charge in [0.25, 0.3) is 0 Å². The number of esters is 1. The smallest absolute Gasteiger partial charge is 0.306 e. The van der Waals surface area contributed by atoms with E-state index >= 15 is 0 Å². The number of carbonyl (C=O) groups excluding carboxylic acids is 1. The fraction of sp³-hybridized carbons (Fsp3) is 0.400. The maximum absolute atomic E-state index is 12.6. The third-order valence-corrected chi connectivity index (χ3v) is 7.55. The van der Waals surface area contributed by atoms with E-state index in [1.165, 1.54) is 13.2 Å². The molecule has 3 heterocycles. The molecule has 1 aliphatic heterocycles. The van der Waals surface area contributed by atoms with Crippen molar-refractivity contribution in [1.82, 2.24) is 24.9 Å². The second-order valence-corrected chi connectivity index (χ2v) is 11.1. The number of rotatable bonds is 6. The normalized spacial score (nSPS) is 15.8. The van der Waals surface area contributed by atoms with Crippen LogP contribution < -0.4 is 10.3 Å². The molecule has 1 atom stereocenters. The number of pyridine rings is 1. The summed E-state index contributed by atoms with van der Waals surface area (Å²) in [5.41, 5.74) is 7.34. The molecule has 0 saturated carbocycles. The number of methoxy groups -OCH3 is 1. The molecule has 0 unspecified atom stereocenters. The van der Waals surface area contributed by atoms with E-state index in [0.717, 1.165) is 44.5 Å². The van der Waals surface area contributed by atoms with E-state index in [9.17, 15) is 9.59 Å². The van der Waals surface area contributed by atoms with Gasteiger partial charge in [-0.15, -0.1) is 5.10 Å². The summed E-state index contributed by atoms with van der Waals surface area (Å²) in [6, 6.07) is 13.7. The summed E-state index contributed by atoms with van der Waals surface area (Å²) >= 11 is 0. The SMILES string of the molecule is COC(=O)C[C@@H](c1ccc(C)c(CN2Cc3[nH]c(=O)ccc3OC(C)(C)C2)c1)c1ccc2c(nnn2C)c1C. The van der Waals surface area contributed by atoms with Crippen molar-refractivity contribution in [2.24, 2.45) is 7.05 Å². The van der Waals surface area contributed by atoms with Gasteiger partial charge in [0.05, 0.1) is 24.7 Å². The quantitative estimate of drug-likeness (QED) is 0.375. The summed E-state index contributed by atoms with van der Waals surface area (Å²) < 4.78 is 13.1. The summed E-state index contributed by atoms with van der Waals surface area (Å²) in [5.74, 6) is 0.234. The van der Waals surface area contributed by atoms with E-state index in [4.69, 9.17) is 9.47 Å². The molecular weight excluding hydrogens is 494 g/mol. The molecule has 1 aliphatic rings. The van der Waals surface area contributed by atoms with Crippen molar-refractivity contribution in [2.45, 2.75) is 58.7 Å². The maximum Gasteiger partial charge on any atom is 0.306 e. The van der Waals surface area contributed by atoms with E-state index in [2.05, 4.69) is 65.2 Å². The monoisotopic (exact) mass is 529 g/mol. The molecule has 204 valence electrons. The average molecular weight is 530 g/mol. The molecule has 0 spiro atoms. The minimum Gasteiger partial charge on any atom is -0.485 e. The molecule has 0 saturated heterocycles. The van der Waals surface area contributed by atoms with Gasteiger partial charge in [-0.3, -0.25) is 14.5 Å². The Morgan fingerprint density at radius 3 is 2.74 bits per heavy atom. The number of hydrogen-bond donors (Lipinski definition) is 1. The molecule has 9 heteroatoms. The zero-order chi connectivity index (χ0) is 27.9. The molecule has 0 radical (unpaired) electrons. The molecule has 2 aromatic carbocycles. The van der Waals surface area contributed by atoms with Crippen LogP contribution in [-0.2, 0) is 29.7 Å². The largest absolute Gasteiger partial charge is 0.485 e. The lowest BCUT2D eigenvalue weighted by atomic mass is 9.84. The van der Waals surface area contributed by atoms with E-state index < -0.39 is 5.60 Å². The summed E-state index contributed by atoms with van der Waals surface area (Å²) in [6.07, 6.45) is 0.213. The second-order valence-electron chi connectivity index (χ2n) is 11.1. The molecule has 1 N–H and O–H groups in total. The first kappa shape index (κ1) is 26.6. The van der Waals surface area contributed by atoms with Crippen molar-refractivity contribution >= 4 is 17.0 Å². The first-order valence-electron chi connectivity index (χ1n) is 13.1. The highest BCUT2D eigenvalue weighted by molar-refractivity contribution is 5.80. The van der Waals surface area contributed by atoms with Crippen molar-refractivity contribution in [3.05, 3.63) is 86.3 Å². The summed E-state index contributed by atoms with van der Waals surface area (Å²) in [7, 11) is 3.29. The molecule has 9 nitrogen and oxygen atoms in total. The molecule has 4 aromatic rings. The van der Waals surface area contributed by atoms with Gasteiger partial charge < -0.3 is 14.5 Å². The summed E-state index contributed by atoms with van der Waals surface area (Å²) in [4.78, 5) is 29.8. The van der Waals surface area contributed by atoms with Gasteiger partial charge >= 0.3 is 5.97 Å². The maximum atomic E-state index is 12.6. The number of H-pyrrole nitrogens is 1. The van der Waals surface area contributed by atoms with E-state index in [1.54, 1.807) is 10.7 Å². The number of carbonyl (C=O) groups is 1. The van der Waals surface area contributed by atoms with Crippen LogP contribution in [0.15, 0.2) is 47.3 Å². The van der Waals surface area contributed by atoms with Crippen LogP contribution in [0.4, 0.5) is 0 Å². The molecule has 0 aliphatic carbocycles. The average Bonchev–Trinajstić information content (AvgIpc) is 3.21. The highest BCUT2D eigenvalue weighted by atomic mass is 16.5. The Hall–Kier alpha value is -3.98. The lowest BCUT2D eigenvalue weighted by Gasteiger charge is -2.30. The van der Waals surface area contributed by atoms with Gasteiger partial charge in [0, 0.05) is 38.7 Å². The number of aryl methyl sites for hydroxylation is 3. The number of benzene rings is 2. The first-order chi connectivity index (χ1) is 18.5. The topological polar surface area (TPSA) is 102 Å². The fourth-order valence-electron chi connectivity index (χ4n) is 5.58. The standard InChI is InChI=1S/C30H35N5O4/c1-18-7-8-20(23(14-28(37)38-6)22-9-10-25-29(19(22)2)32-33-34(25)5)13-21(18)15-35-16-24-26(11-12-27(36)31-24)39-30(3,4)17-35/h7-13,23H,14-17H2,1-6H3,(H,31,36)/t23-/m0/s1.